The standard InChI is InChI=1S/C18H27ClN2/c1-2-3-4-9-20-10-16-17-12-21(13-18(16)17)11-14-5-7-15(19)8-6-14/h5-8,16-18,20H,2-4,9-13H2,1H3. The molecule has 2 atom stereocenters. The maximum absolute atomic E-state index is 5.94. The second kappa shape index (κ2) is 7.13. The van der Waals surface area contributed by atoms with E-state index < -0.39 is 0 Å². The normalized spacial score (nSPS) is 27.8. The van der Waals surface area contributed by atoms with Crippen LogP contribution in [0.2, 0.25) is 5.02 Å². The van der Waals surface area contributed by atoms with Gasteiger partial charge in [0.1, 0.15) is 0 Å². The van der Waals surface area contributed by atoms with E-state index in [1.807, 2.05) is 12.1 Å². The zero-order chi connectivity index (χ0) is 14.7. The van der Waals surface area contributed by atoms with Gasteiger partial charge in [0.15, 0.2) is 0 Å². The Hall–Kier alpha value is -0.570. The van der Waals surface area contributed by atoms with Gasteiger partial charge in [0.2, 0.25) is 0 Å². The van der Waals surface area contributed by atoms with E-state index in [0.717, 1.165) is 29.3 Å². The molecule has 1 aromatic rings. The highest BCUT2D eigenvalue weighted by molar-refractivity contribution is 6.30. The van der Waals surface area contributed by atoms with Gasteiger partial charge < -0.3 is 5.32 Å². The van der Waals surface area contributed by atoms with Crippen LogP contribution in [-0.2, 0) is 6.54 Å². The number of hydrogen-bond donors (Lipinski definition) is 1. The fourth-order valence-corrected chi connectivity index (χ4v) is 3.91. The highest BCUT2D eigenvalue weighted by atomic mass is 35.5. The Morgan fingerprint density at radius 2 is 1.86 bits per heavy atom. The van der Waals surface area contributed by atoms with Crippen LogP contribution < -0.4 is 5.32 Å². The van der Waals surface area contributed by atoms with Crippen LogP contribution in [0.4, 0.5) is 0 Å². The van der Waals surface area contributed by atoms with Crippen LogP contribution in [-0.4, -0.2) is 31.1 Å². The predicted molar refractivity (Wildman–Crippen MR) is 89.6 cm³/mol. The van der Waals surface area contributed by atoms with Gasteiger partial charge in [0.05, 0.1) is 0 Å². The first-order chi connectivity index (χ1) is 10.3. The summed E-state index contributed by atoms with van der Waals surface area (Å²) < 4.78 is 0. The summed E-state index contributed by atoms with van der Waals surface area (Å²) in [6.45, 7) is 8.37. The van der Waals surface area contributed by atoms with Crippen molar-refractivity contribution in [1.29, 1.82) is 0 Å². The van der Waals surface area contributed by atoms with Crippen molar-refractivity contribution in [3.8, 4) is 0 Å². The van der Waals surface area contributed by atoms with Crippen LogP contribution in [0, 0.1) is 17.8 Å². The molecule has 1 aliphatic carbocycles. The van der Waals surface area contributed by atoms with Crippen molar-refractivity contribution in [3.63, 3.8) is 0 Å². The summed E-state index contributed by atoms with van der Waals surface area (Å²) in [5.74, 6) is 2.86. The van der Waals surface area contributed by atoms with Crippen molar-refractivity contribution < 1.29 is 0 Å². The molecule has 1 aliphatic heterocycles. The largest absolute Gasteiger partial charge is 0.316 e. The monoisotopic (exact) mass is 306 g/mol. The highest BCUT2D eigenvalue weighted by Gasteiger charge is 2.54. The van der Waals surface area contributed by atoms with Gasteiger partial charge in [0.25, 0.3) is 0 Å². The van der Waals surface area contributed by atoms with Crippen LogP contribution in [0.25, 0.3) is 0 Å². The van der Waals surface area contributed by atoms with Crippen LogP contribution >= 0.6 is 11.6 Å². The lowest BCUT2D eigenvalue weighted by molar-refractivity contribution is 0.275. The van der Waals surface area contributed by atoms with Crippen molar-refractivity contribution in [1.82, 2.24) is 10.2 Å². The SMILES string of the molecule is CCCCCNCC1C2CN(Cc3ccc(Cl)cc3)CC12. The molecule has 3 rings (SSSR count). The second-order valence-electron chi connectivity index (χ2n) is 6.72. The molecule has 21 heavy (non-hydrogen) atoms. The van der Waals surface area contributed by atoms with Gasteiger partial charge in [0, 0.05) is 24.7 Å². The Balaban J connectivity index is 1.33. The number of piperidine rings is 1. The van der Waals surface area contributed by atoms with E-state index in [-0.39, 0.29) is 0 Å². The topological polar surface area (TPSA) is 15.3 Å². The van der Waals surface area contributed by atoms with E-state index in [0.29, 0.717) is 0 Å². The van der Waals surface area contributed by atoms with E-state index in [2.05, 4.69) is 29.3 Å². The summed E-state index contributed by atoms with van der Waals surface area (Å²) in [6.07, 6.45) is 4.01. The second-order valence-corrected chi connectivity index (χ2v) is 7.16. The molecule has 3 heteroatoms. The van der Waals surface area contributed by atoms with Crippen LogP contribution in [0.5, 0.6) is 0 Å². The summed E-state index contributed by atoms with van der Waals surface area (Å²) in [6, 6.07) is 8.30. The smallest absolute Gasteiger partial charge is 0.0406 e. The highest BCUT2D eigenvalue weighted by Crippen LogP contribution is 2.51. The molecule has 1 N–H and O–H groups in total. The molecule has 0 amide bonds. The number of nitrogens with zero attached hydrogens (tertiary/aromatic N) is 1. The number of fused-ring (bicyclic) bond motifs is 1. The van der Waals surface area contributed by atoms with Gasteiger partial charge in [-0.3, -0.25) is 4.90 Å². The van der Waals surface area contributed by atoms with E-state index in [1.54, 1.807) is 0 Å². The number of benzene rings is 1. The molecular formula is C18H27ClN2. The Kier molecular flexibility index (Phi) is 5.20. The Bertz CT molecular complexity index is 433. The van der Waals surface area contributed by atoms with Gasteiger partial charge in [-0.15, -0.1) is 0 Å². The molecule has 2 aliphatic rings. The molecule has 1 saturated heterocycles. The third-order valence-corrected chi connectivity index (χ3v) is 5.36. The number of likely N-dealkylation sites (tertiary alicyclic amines) is 1. The molecular weight excluding hydrogens is 280 g/mol. The molecule has 2 nitrogen and oxygen atoms in total. The molecule has 0 bridgehead atoms. The predicted octanol–water partition coefficient (Wildman–Crippen LogP) is 3.80. The average Bonchev–Trinajstić information content (AvgIpc) is 2.94. The lowest BCUT2D eigenvalue weighted by atomic mass is 10.2. The number of unbranched alkanes of at least 4 members (excludes halogenated alkanes) is 2. The zero-order valence-corrected chi connectivity index (χ0v) is 13.8. The van der Waals surface area contributed by atoms with Gasteiger partial charge >= 0.3 is 0 Å². The summed E-state index contributed by atoms with van der Waals surface area (Å²) >= 11 is 5.94. The van der Waals surface area contributed by atoms with Crippen molar-refractivity contribution in [3.05, 3.63) is 34.9 Å². The number of hydrogen-bond acceptors (Lipinski definition) is 2. The summed E-state index contributed by atoms with van der Waals surface area (Å²) in [5.41, 5.74) is 1.38. The molecule has 0 spiro atoms. The molecule has 1 aromatic carbocycles. The number of nitrogens with one attached hydrogen (secondary N) is 1. The van der Waals surface area contributed by atoms with Gasteiger partial charge in [-0.25, -0.2) is 0 Å². The molecule has 116 valence electrons. The van der Waals surface area contributed by atoms with Gasteiger partial charge in [-0.1, -0.05) is 43.5 Å². The minimum atomic E-state index is 0.831. The van der Waals surface area contributed by atoms with E-state index in [1.165, 1.54) is 51.0 Å². The molecule has 1 heterocycles. The third-order valence-electron chi connectivity index (χ3n) is 5.10. The number of rotatable bonds is 8. The fourth-order valence-electron chi connectivity index (χ4n) is 3.79. The van der Waals surface area contributed by atoms with Crippen LogP contribution in [0.3, 0.4) is 0 Å². The minimum absolute atomic E-state index is 0.831. The molecule has 0 aromatic heterocycles. The molecule has 2 unspecified atom stereocenters. The lowest BCUT2D eigenvalue weighted by Crippen LogP contribution is -2.27. The Morgan fingerprint density at radius 3 is 2.52 bits per heavy atom. The Morgan fingerprint density at radius 1 is 1.14 bits per heavy atom. The number of halogens is 1. The van der Waals surface area contributed by atoms with Crippen molar-refractivity contribution >= 4 is 11.6 Å². The maximum Gasteiger partial charge on any atom is 0.0406 e. The first kappa shape index (κ1) is 15.3. The molecule has 2 fully saturated rings. The summed E-state index contributed by atoms with van der Waals surface area (Å²) in [7, 11) is 0. The van der Waals surface area contributed by atoms with E-state index >= 15 is 0 Å². The zero-order valence-electron chi connectivity index (χ0n) is 13.0. The lowest BCUT2D eigenvalue weighted by Gasteiger charge is -2.19. The van der Waals surface area contributed by atoms with Gasteiger partial charge in [-0.05, 0) is 55.0 Å². The summed E-state index contributed by atoms with van der Waals surface area (Å²) in [5, 5.41) is 4.48. The maximum atomic E-state index is 5.94. The third kappa shape index (κ3) is 4.00. The van der Waals surface area contributed by atoms with E-state index in [4.69, 9.17) is 11.6 Å². The molecule has 0 radical (unpaired) electrons. The van der Waals surface area contributed by atoms with E-state index in [9.17, 15) is 0 Å². The van der Waals surface area contributed by atoms with Crippen LogP contribution in [0.1, 0.15) is 31.7 Å². The van der Waals surface area contributed by atoms with Crippen molar-refractivity contribution in [2.24, 2.45) is 17.8 Å². The van der Waals surface area contributed by atoms with Crippen LogP contribution in [0.15, 0.2) is 24.3 Å². The first-order valence-electron chi connectivity index (χ1n) is 8.45. The van der Waals surface area contributed by atoms with Crippen molar-refractivity contribution in [2.45, 2.75) is 32.7 Å². The summed E-state index contributed by atoms with van der Waals surface area (Å²) in [4.78, 5) is 2.60. The van der Waals surface area contributed by atoms with Gasteiger partial charge in [-0.2, -0.15) is 0 Å². The quantitative estimate of drug-likeness (QED) is 0.735. The average molecular weight is 307 g/mol. The Labute approximate surface area is 133 Å². The molecule has 1 saturated carbocycles. The first-order valence-corrected chi connectivity index (χ1v) is 8.83. The minimum Gasteiger partial charge on any atom is -0.316 e. The fraction of sp³-hybridized carbons (Fsp3) is 0.667. The van der Waals surface area contributed by atoms with Crippen molar-refractivity contribution in [2.75, 3.05) is 26.2 Å².